The fourth-order valence-corrected chi connectivity index (χ4v) is 5.37. The smallest absolute Gasteiger partial charge is 0.242 e. The maximum absolute atomic E-state index is 12.9. The zero-order valence-corrected chi connectivity index (χ0v) is 29.6. The van der Waals surface area contributed by atoms with Gasteiger partial charge in [0.1, 0.15) is 6.04 Å². The molecule has 0 saturated carbocycles. The normalized spacial score (nSPS) is 11.7. The molecular formula is C36H72ClN5O2. The summed E-state index contributed by atoms with van der Waals surface area (Å²) in [4.78, 5) is 25.5. The van der Waals surface area contributed by atoms with Crippen LogP contribution in [0, 0.1) is 5.41 Å². The van der Waals surface area contributed by atoms with E-state index >= 15 is 0 Å². The largest absolute Gasteiger partial charge is 0.370 e. The summed E-state index contributed by atoms with van der Waals surface area (Å²) in [5.74, 6) is -0.219. The van der Waals surface area contributed by atoms with Crippen LogP contribution in [0.3, 0.4) is 0 Å². The van der Waals surface area contributed by atoms with E-state index in [0.717, 1.165) is 38.5 Å². The Kier molecular flexibility index (Phi) is 36.0. The van der Waals surface area contributed by atoms with Crippen LogP contribution in [-0.2, 0) is 9.59 Å². The van der Waals surface area contributed by atoms with Crippen molar-refractivity contribution in [1.82, 2.24) is 16.0 Å². The van der Waals surface area contributed by atoms with Gasteiger partial charge in [0.15, 0.2) is 5.96 Å². The highest BCUT2D eigenvalue weighted by Crippen LogP contribution is 2.12. The summed E-state index contributed by atoms with van der Waals surface area (Å²) in [5.41, 5.74) is 5.37. The molecule has 0 aliphatic carbocycles. The van der Waals surface area contributed by atoms with Crippen molar-refractivity contribution in [2.45, 2.75) is 187 Å². The molecule has 0 spiro atoms. The molecule has 0 aromatic rings. The molecule has 0 aromatic heterocycles. The van der Waals surface area contributed by atoms with Crippen molar-refractivity contribution < 1.29 is 9.59 Å². The van der Waals surface area contributed by atoms with Gasteiger partial charge in [-0.3, -0.25) is 15.0 Å². The molecule has 0 aromatic carbocycles. The molecule has 44 heavy (non-hydrogen) atoms. The van der Waals surface area contributed by atoms with E-state index in [2.05, 4.69) is 41.9 Å². The van der Waals surface area contributed by atoms with Crippen LogP contribution < -0.4 is 21.7 Å². The highest BCUT2D eigenvalue weighted by Gasteiger charge is 2.20. The summed E-state index contributed by atoms with van der Waals surface area (Å²) in [5, 5.41) is 16.1. The molecule has 0 aliphatic rings. The van der Waals surface area contributed by atoms with Crippen LogP contribution in [0.25, 0.3) is 0 Å². The monoisotopic (exact) mass is 642 g/mol. The zero-order chi connectivity index (χ0) is 31.6. The first-order valence-electron chi connectivity index (χ1n) is 18.3. The second-order valence-electron chi connectivity index (χ2n) is 12.4. The minimum atomic E-state index is -0.535. The minimum Gasteiger partial charge on any atom is -0.370 e. The number of carbonyl (C=O) groups is 2. The van der Waals surface area contributed by atoms with Crippen molar-refractivity contribution in [2.75, 3.05) is 13.1 Å². The number of rotatable bonds is 32. The van der Waals surface area contributed by atoms with Gasteiger partial charge in [0.2, 0.25) is 11.8 Å². The van der Waals surface area contributed by atoms with Crippen LogP contribution >= 0.6 is 12.4 Å². The molecule has 1 atom stereocenters. The number of unbranched alkanes of at least 4 members (excludes halogenated alkanes) is 20. The second kappa shape index (κ2) is 35.7. The molecule has 0 fully saturated rings. The lowest BCUT2D eigenvalue weighted by molar-refractivity contribution is -0.129. The van der Waals surface area contributed by atoms with Crippen molar-refractivity contribution in [3.8, 4) is 0 Å². The molecule has 2 amide bonds. The first kappa shape index (κ1) is 44.4. The molecule has 0 radical (unpaired) electrons. The molecule has 0 heterocycles. The molecule has 0 bridgehead atoms. The van der Waals surface area contributed by atoms with E-state index in [0.29, 0.717) is 32.4 Å². The predicted molar refractivity (Wildman–Crippen MR) is 193 cm³/mol. The third kappa shape index (κ3) is 33.1. The van der Waals surface area contributed by atoms with Gasteiger partial charge in [-0.1, -0.05) is 135 Å². The number of nitrogens with two attached hydrogens (primary N) is 1. The Balaban J connectivity index is 0. The Labute approximate surface area is 278 Å². The summed E-state index contributed by atoms with van der Waals surface area (Å²) in [6, 6.07) is -0.535. The summed E-state index contributed by atoms with van der Waals surface area (Å²) >= 11 is 0. The van der Waals surface area contributed by atoms with Crippen molar-refractivity contribution in [3.05, 3.63) is 12.2 Å². The van der Waals surface area contributed by atoms with E-state index in [1.807, 2.05) is 0 Å². The van der Waals surface area contributed by atoms with Gasteiger partial charge in [-0.05, 0) is 51.4 Å². The molecular weight excluding hydrogens is 570 g/mol. The third-order valence-corrected chi connectivity index (χ3v) is 8.13. The Morgan fingerprint density at radius 1 is 0.614 bits per heavy atom. The average Bonchev–Trinajstić information content (AvgIpc) is 2.99. The van der Waals surface area contributed by atoms with Crippen molar-refractivity contribution in [1.29, 1.82) is 5.41 Å². The maximum atomic E-state index is 12.9. The van der Waals surface area contributed by atoms with Gasteiger partial charge in [0, 0.05) is 19.5 Å². The number of nitrogens with one attached hydrogen (secondary N) is 4. The van der Waals surface area contributed by atoms with Crippen LogP contribution in [-0.4, -0.2) is 36.9 Å². The van der Waals surface area contributed by atoms with E-state index in [-0.39, 0.29) is 30.2 Å². The average molecular weight is 642 g/mol. The van der Waals surface area contributed by atoms with Gasteiger partial charge >= 0.3 is 0 Å². The molecule has 6 N–H and O–H groups in total. The summed E-state index contributed by atoms with van der Waals surface area (Å²) in [7, 11) is 0. The van der Waals surface area contributed by atoms with Gasteiger partial charge in [0.05, 0.1) is 0 Å². The van der Waals surface area contributed by atoms with E-state index in [1.54, 1.807) is 0 Å². The Bertz CT molecular complexity index is 689. The number of hydrogen-bond acceptors (Lipinski definition) is 3. The lowest BCUT2D eigenvalue weighted by atomic mass is 10.1. The first-order valence-corrected chi connectivity index (χ1v) is 18.3. The van der Waals surface area contributed by atoms with Gasteiger partial charge < -0.3 is 21.7 Å². The van der Waals surface area contributed by atoms with Crippen molar-refractivity contribution in [2.24, 2.45) is 5.73 Å². The van der Waals surface area contributed by atoms with Crippen LogP contribution in [0.5, 0.6) is 0 Å². The van der Waals surface area contributed by atoms with Crippen LogP contribution in [0.4, 0.5) is 0 Å². The lowest BCUT2D eigenvalue weighted by Gasteiger charge is -2.19. The fourth-order valence-electron chi connectivity index (χ4n) is 5.37. The molecule has 7 nitrogen and oxygen atoms in total. The number of carbonyl (C=O) groups excluding carboxylic acids is 2. The topological polar surface area (TPSA) is 120 Å². The van der Waals surface area contributed by atoms with Crippen LogP contribution in [0.1, 0.15) is 181 Å². The molecule has 260 valence electrons. The molecule has 8 heteroatoms. The third-order valence-electron chi connectivity index (χ3n) is 8.13. The number of allylic oxidation sites excluding steroid dienone is 2. The zero-order valence-electron chi connectivity index (χ0n) is 28.8. The summed E-state index contributed by atoms with van der Waals surface area (Å²) in [6.45, 7) is 5.68. The van der Waals surface area contributed by atoms with E-state index in [9.17, 15) is 9.59 Å². The summed E-state index contributed by atoms with van der Waals surface area (Å²) < 4.78 is 0. The van der Waals surface area contributed by atoms with Gasteiger partial charge in [-0.25, -0.2) is 0 Å². The maximum Gasteiger partial charge on any atom is 0.242 e. The number of hydrogen-bond donors (Lipinski definition) is 5. The highest BCUT2D eigenvalue weighted by atomic mass is 35.5. The van der Waals surface area contributed by atoms with E-state index < -0.39 is 6.04 Å². The highest BCUT2D eigenvalue weighted by molar-refractivity contribution is 5.87. The Morgan fingerprint density at radius 2 is 1.05 bits per heavy atom. The molecule has 0 saturated heterocycles. The lowest BCUT2D eigenvalue weighted by Crippen LogP contribution is -2.47. The first-order chi connectivity index (χ1) is 21.0. The number of amides is 2. The van der Waals surface area contributed by atoms with Crippen LogP contribution in [0.2, 0.25) is 0 Å². The van der Waals surface area contributed by atoms with Gasteiger partial charge in [-0.15, -0.1) is 12.4 Å². The molecule has 0 aliphatic heterocycles. The minimum absolute atomic E-state index is 0. The van der Waals surface area contributed by atoms with Gasteiger partial charge in [-0.2, -0.15) is 0 Å². The van der Waals surface area contributed by atoms with Crippen molar-refractivity contribution in [3.63, 3.8) is 0 Å². The summed E-state index contributed by atoms with van der Waals surface area (Å²) in [6.07, 6.45) is 35.0. The van der Waals surface area contributed by atoms with Crippen molar-refractivity contribution >= 4 is 30.2 Å². The standard InChI is InChI=1S/C36H71N5O2.ClH/c1-3-5-7-9-11-13-15-16-17-18-19-20-22-24-26-30-34(42)41-33(29-28-32-40-36(37)38)35(43)39-31-27-25-23-21-14-12-10-8-6-4-2;/h16-17,33H,3-15,18-32H2,1-2H3,(H,39,43)(H,41,42)(H4,37,38,40);1H/b17-16+;. The Morgan fingerprint density at radius 3 is 1.55 bits per heavy atom. The molecule has 1 unspecified atom stereocenters. The quantitative estimate of drug-likeness (QED) is 0.0218. The fraction of sp³-hybridized carbons (Fsp3) is 0.861. The molecule has 0 rings (SSSR count). The Hall–Kier alpha value is -1.76. The number of guanidine groups is 1. The predicted octanol–water partition coefficient (Wildman–Crippen LogP) is 9.23. The SMILES string of the molecule is CCCCCCCC/C=C/CCCCCCCC(=O)NC(CCCNC(=N)N)C(=O)NCCCCCCCCCCCC.Cl. The van der Waals surface area contributed by atoms with Gasteiger partial charge in [0.25, 0.3) is 0 Å². The van der Waals surface area contributed by atoms with Crippen LogP contribution in [0.15, 0.2) is 12.2 Å². The van der Waals surface area contributed by atoms with E-state index in [1.165, 1.54) is 109 Å². The van der Waals surface area contributed by atoms with E-state index in [4.69, 9.17) is 11.1 Å². The number of halogens is 1. The second-order valence-corrected chi connectivity index (χ2v) is 12.4.